The molecule has 1 fully saturated rings. The molecule has 0 bridgehead atoms. The minimum absolute atomic E-state index is 0.112. The number of anilines is 1. The quantitative estimate of drug-likeness (QED) is 0.681. The molecular formula is C21H16N2O7S. The number of ether oxygens (including phenoxy) is 2. The zero-order valence-corrected chi connectivity index (χ0v) is 16.8. The summed E-state index contributed by atoms with van der Waals surface area (Å²) in [6.07, 6.45) is 1.48. The van der Waals surface area contributed by atoms with Gasteiger partial charge in [-0.15, -0.1) is 0 Å². The molecule has 3 amide bonds. The number of carboxylic acid groups (broad SMARTS) is 1. The fourth-order valence-electron chi connectivity index (χ4n) is 2.97. The molecule has 31 heavy (non-hydrogen) atoms. The lowest BCUT2D eigenvalue weighted by Gasteiger charge is -2.19. The van der Waals surface area contributed by atoms with Crippen molar-refractivity contribution in [1.82, 2.24) is 4.90 Å². The van der Waals surface area contributed by atoms with E-state index in [-0.39, 0.29) is 10.5 Å². The molecule has 10 heteroatoms. The summed E-state index contributed by atoms with van der Waals surface area (Å²) in [5.41, 5.74) is 1.13. The van der Waals surface area contributed by atoms with Crippen LogP contribution in [0.4, 0.5) is 10.5 Å². The van der Waals surface area contributed by atoms with E-state index < -0.39 is 29.6 Å². The van der Waals surface area contributed by atoms with Crippen molar-refractivity contribution in [2.75, 3.05) is 25.1 Å². The number of rotatable bonds is 5. The second-order valence-corrected chi connectivity index (χ2v) is 7.59. The van der Waals surface area contributed by atoms with Gasteiger partial charge in [-0.25, -0.2) is 4.79 Å². The SMILES string of the molecule is O=C(CN1C(=O)S/C(=C\c2ccc(C(=O)O)cc2)C1=O)Nc1ccc2c(c1)OCCO2. The Bertz CT molecular complexity index is 1110. The second kappa shape index (κ2) is 8.52. The lowest BCUT2D eigenvalue weighted by molar-refractivity contribution is -0.127. The molecule has 0 aliphatic carbocycles. The molecule has 4 rings (SSSR count). The minimum atomic E-state index is -1.06. The van der Waals surface area contributed by atoms with Crippen molar-refractivity contribution in [3.63, 3.8) is 0 Å². The smallest absolute Gasteiger partial charge is 0.335 e. The Labute approximate surface area is 180 Å². The molecule has 0 radical (unpaired) electrons. The number of aromatic carboxylic acids is 1. The Morgan fingerprint density at radius 1 is 1.06 bits per heavy atom. The van der Waals surface area contributed by atoms with Gasteiger partial charge in [0.15, 0.2) is 11.5 Å². The number of hydrogen-bond donors (Lipinski definition) is 2. The topological polar surface area (TPSA) is 122 Å². The molecule has 2 heterocycles. The molecule has 9 nitrogen and oxygen atoms in total. The highest BCUT2D eigenvalue weighted by atomic mass is 32.2. The van der Waals surface area contributed by atoms with E-state index in [1.807, 2.05) is 0 Å². The molecule has 158 valence electrons. The molecule has 2 aromatic carbocycles. The van der Waals surface area contributed by atoms with Crippen LogP contribution < -0.4 is 14.8 Å². The predicted octanol–water partition coefficient (Wildman–Crippen LogP) is 2.83. The maximum atomic E-state index is 12.6. The van der Waals surface area contributed by atoms with Gasteiger partial charge in [-0.1, -0.05) is 12.1 Å². The van der Waals surface area contributed by atoms with Crippen LogP contribution in [-0.2, 0) is 9.59 Å². The summed E-state index contributed by atoms with van der Waals surface area (Å²) in [7, 11) is 0. The normalized spacial score (nSPS) is 16.5. The number of nitrogens with one attached hydrogen (secondary N) is 1. The van der Waals surface area contributed by atoms with Crippen molar-refractivity contribution in [2.24, 2.45) is 0 Å². The number of amides is 3. The van der Waals surface area contributed by atoms with Gasteiger partial charge in [0, 0.05) is 11.8 Å². The molecule has 0 aromatic heterocycles. The third-order valence-electron chi connectivity index (χ3n) is 4.46. The van der Waals surface area contributed by atoms with E-state index in [2.05, 4.69) is 5.32 Å². The summed E-state index contributed by atoms with van der Waals surface area (Å²) in [6, 6.07) is 10.8. The molecule has 2 aliphatic rings. The monoisotopic (exact) mass is 440 g/mol. The molecule has 2 aliphatic heterocycles. The lowest BCUT2D eigenvalue weighted by Crippen LogP contribution is -2.36. The molecule has 1 saturated heterocycles. The number of carbonyl (C=O) groups excluding carboxylic acids is 3. The first-order valence-electron chi connectivity index (χ1n) is 9.19. The molecule has 2 N–H and O–H groups in total. The number of hydrogen-bond acceptors (Lipinski definition) is 7. The molecule has 0 saturated carbocycles. The van der Waals surface area contributed by atoms with Crippen LogP contribution in [-0.4, -0.2) is 52.8 Å². The highest BCUT2D eigenvalue weighted by molar-refractivity contribution is 8.18. The fraction of sp³-hybridized carbons (Fsp3) is 0.143. The summed E-state index contributed by atoms with van der Waals surface area (Å²) in [6.45, 7) is 0.427. The van der Waals surface area contributed by atoms with Crippen LogP contribution in [0, 0.1) is 0 Å². The first-order chi connectivity index (χ1) is 14.9. The maximum Gasteiger partial charge on any atom is 0.335 e. The average molecular weight is 440 g/mol. The third-order valence-corrected chi connectivity index (χ3v) is 5.36. The number of benzene rings is 2. The van der Waals surface area contributed by atoms with Crippen LogP contribution in [0.15, 0.2) is 47.4 Å². The molecule has 2 aromatic rings. The van der Waals surface area contributed by atoms with Crippen LogP contribution in [0.2, 0.25) is 0 Å². The van der Waals surface area contributed by atoms with Gasteiger partial charge in [0.2, 0.25) is 5.91 Å². The summed E-state index contributed by atoms with van der Waals surface area (Å²) < 4.78 is 10.9. The Hall–Kier alpha value is -3.79. The van der Waals surface area contributed by atoms with Gasteiger partial charge in [0.25, 0.3) is 11.1 Å². The average Bonchev–Trinajstić information content (AvgIpc) is 3.01. The van der Waals surface area contributed by atoms with Crippen LogP contribution in [0.1, 0.15) is 15.9 Å². The Morgan fingerprint density at radius 2 is 1.77 bits per heavy atom. The number of thioether (sulfide) groups is 1. The summed E-state index contributed by atoms with van der Waals surface area (Å²) in [5.74, 6) is -1.10. The lowest BCUT2D eigenvalue weighted by atomic mass is 10.1. The van der Waals surface area contributed by atoms with Crippen molar-refractivity contribution < 1.29 is 33.8 Å². The van der Waals surface area contributed by atoms with Crippen LogP contribution in [0.25, 0.3) is 6.08 Å². The van der Waals surface area contributed by atoms with Crippen LogP contribution in [0.3, 0.4) is 0 Å². The van der Waals surface area contributed by atoms with Gasteiger partial charge in [0.1, 0.15) is 19.8 Å². The first kappa shape index (κ1) is 20.5. The first-order valence-corrected chi connectivity index (χ1v) is 10.0. The van der Waals surface area contributed by atoms with Crippen molar-refractivity contribution in [2.45, 2.75) is 0 Å². The highest BCUT2D eigenvalue weighted by Crippen LogP contribution is 2.34. The molecular weight excluding hydrogens is 424 g/mol. The Balaban J connectivity index is 1.41. The van der Waals surface area contributed by atoms with E-state index in [0.717, 1.165) is 16.7 Å². The molecule has 0 spiro atoms. The van der Waals surface area contributed by atoms with Gasteiger partial charge < -0.3 is 19.9 Å². The van der Waals surface area contributed by atoms with Gasteiger partial charge >= 0.3 is 5.97 Å². The van der Waals surface area contributed by atoms with E-state index >= 15 is 0 Å². The number of imide groups is 1. The van der Waals surface area contributed by atoms with E-state index in [0.29, 0.717) is 36.0 Å². The minimum Gasteiger partial charge on any atom is -0.486 e. The Morgan fingerprint density at radius 3 is 2.48 bits per heavy atom. The van der Waals surface area contributed by atoms with Gasteiger partial charge in [-0.2, -0.15) is 0 Å². The fourth-order valence-corrected chi connectivity index (χ4v) is 3.81. The number of carbonyl (C=O) groups is 4. The maximum absolute atomic E-state index is 12.6. The van der Waals surface area contributed by atoms with Crippen molar-refractivity contribution >= 4 is 46.5 Å². The van der Waals surface area contributed by atoms with Crippen molar-refractivity contribution in [3.8, 4) is 11.5 Å². The van der Waals surface area contributed by atoms with E-state index in [1.54, 1.807) is 18.2 Å². The van der Waals surface area contributed by atoms with E-state index in [4.69, 9.17) is 14.6 Å². The standard InChI is InChI=1S/C21H16N2O7S/c24-18(22-14-5-6-15-16(10-14)30-8-7-29-15)11-23-19(25)17(31-21(23)28)9-12-1-3-13(4-2-12)20(26)27/h1-6,9-10H,7-8,11H2,(H,22,24)(H,26,27)/b17-9-. The number of fused-ring (bicyclic) bond motifs is 1. The van der Waals surface area contributed by atoms with Crippen molar-refractivity contribution in [1.29, 1.82) is 0 Å². The van der Waals surface area contributed by atoms with E-state index in [9.17, 15) is 19.2 Å². The number of carboxylic acids is 1. The summed E-state index contributed by atoms with van der Waals surface area (Å²) in [4.78, 5) is 49.1. The van der Waals surface area contributed by atoms with Gasteiger partial charge in [-0.05, 0) is 47.7 Å². The predicted molar refractivity (Wildman–Crippen MR) is 112 cm³/mol. The number of nitrogens with zero attached hydrogens (tertiary/aromatic N) is 1. The molecule has 0 atom stereocenters. The zero-order valence-electron chi connectivity index (χ0n) is 16.0. The van der Waals surface area contributed by atoms with Gasteiger partial charge in [0.05, 0.1) is 10.5 Å². The second-order valence-electron chi connectivity index (χ2n) is 6.60. The summed E-state index contributed by atoms with van der Waals surface area (Å²) in [5, 5.41) is 11.0. The van der Waals surface area contributed by atoms with Crippen LogP contribution in [0.5, 0.6) is 11.5 Å². The Kier molecular flexibility index (Phi) is 5.63. The summed E-state index contributed by atoms with van der Waals surface area (Å²) >= 11 is 0.720. The van der Waals surface area contributed by atoms with Crippen molar-refractivity contribution in [3.05, 3.63) is 58.5 Å². The van der Waals surface area contributed by atoms with E-state index in [1.165, 1.54) is 30.3 Å². The van der Waals surface area contributed by atoms with Gasteiger partial charge in [-0.3, -0.25) is 19.3 Å². The van der Waals surface area contributed by atoms with Crippen LogP contribution >= 0.6 is 11.8 Å². The zero-order chi connectivity index (χ0) is 22.0. The largest absolute Gasteiger partial charge is 0.486 e. The third kappa shape index (κ3) is 4.53. The molecule has 0 unspecified atom stereocenters. The highest BCUT2D eigenvalue weighted by Gasteiger charge is 2.36.